The summed E-state index contributed by atoms with van der Waals surface area (Å²) in [5.74, 6) is 2.49. The van der Waals surface area contributed by atoms with Gasteiger partial charge >= 0.3 is 0 Å². The Balaban J connectivity index is 1.90. The van der Waals surface area contributed by atoms with E-state index in [4.69, 9.17) is 4.74 Å². The average molecular weight is 359 g/mol. The fourth-order valence-electron chi connectivity index (χ4n) is 3.06. The van der Waals surface area contributed by atoms with Crippen LogP contribution in [0.5, 0.6) is 5.75 Å². The highest BCUT2D eigenvalue weighted by atomic mass is 32.2. The molecule has 134 valence electrons. The second-order valence-electron chi connectivity index (χ2n) is 6.86. The number of hydrogen-bond donors (Lipinski definition) is 0. The van der Waals surface area contributed by atoms with E-state index in [2.05, 4.69) is 28.6 Å². The lowest BCUT2D eigenvalue weighted by atomic mass is 9.99. The zero-order chi connectivity index (χ0) is 17.8. The van der Waals surface area contributed by atoms with Crippen LogP contribution < -0.4 is 4.74 Å². The SMILES string of the molecule is COc1ccc(-c2nnc(S[C@H]3CCCCC3=O)n2CC(C)C)cc1. The molecule has 0 aliphatic heterocycles. The number of rotatable bonds is 6. The summed E-state index contributed by atoms with van der Waals surface area (Å²) < 4.78 is 7.38. The van der Waals surface area contributed by atoms with Crippen molar-refractivity contribution in [2.24, 2.45) is 5.92 Å². The molecule has 1 saturated carbocycles. The van der Waals surface area contributed by atoms with E-state index in [0.29, 0.717) is 18.1 Å². The smallest absolute Gasteiger partial charge is 0.192 e. The second-order valence-corrected chi connectivity index (χ2v) is 8.03. The van der Waals surface area contributed by atoms with E-state index in [0.717, 1.165) is 48.1 Å². The third-order valence-corrected chi connectivity index (χ3v) is 5.66. The molecule has 2 aromatic rings. The normalized spacial score (nSPS) is 17.9. The molecule has 0 N–H and O–H groups in total. The molecule has 1 aromatic carbocycles. The van der Waals surface area contributed by atoms with E-state index in [-0.39, 0.29) is 5.25 Å². The molecule has 0 saturated heterocycles. The largest absolute Gasteiger partial charge is 0.497 e. The van der Waals surface area contributed by atoms with Crippen molar-refractivity contribution in [3.63, 3.8) is 0 Å². The predicted molar refractivity (Wildman–Crippen MR) is 100.0 cm³/mol. The molecular formula is C19H25N3O2S. The first kappa shape index (κ1) is 18.0. The zero-order valence-electron chi connectivity index (χ0n) is 15.1. The summed E-state index contributed by atoms with van der Waals surface area (Å²) in [5.41, 5.74) is 1.01. The summed E-state index contributed by atoms with van der Waals surface area (Å²) >= 11 is 1.58. The molecule has 6 heteroatoms. The summed E-state index contributed by atoms with van der Waals surface area (Å²) in [4.78, 5) is 12.2. The Morgan fingerprint density at radius 1 is 1.24 bits per heavy atom. The molecule has 1 atom stereocenters. The van der Waals surface area contributed by atoms with Crippen LogP contribution in [0.4, 0.5) is 0 Å². The molecule has 1 heterocycles. The van der Waals surface area contributed by atoms with Gasteiger partial charge in [0, 0.05) is 18.5 Å². The molecule has 0 unspecified atom stereocenters. The number of nitrogens with zero attached hydrogens (tertiary/aromatic N) is 3. The van der Waals surface area contributed by atoms with Crippen LogP contribution in [0.15, 0.2) is 29.4 Å². The monoisotopic (exact) mass is 359 g/mol. The number of hydrogen-bond acceptors (Lipinski definition) is 5. The fraction of sp³-hybridized carbons (Fsp3) is 0.526. The third kappa shape index (κ3) is 4.24. The maximum absolute atomic E-state index is 12.2. The van der Waals surface area contributed by atoms with Gasteiger partial charge in [-0.25, -0.2) is 0 Å². The first-order chi connectivity index (χ1) is 12.1. The van der Waals surface area contributed by atoms with Gasteiger partial charge in [0.05, 0.1) is 12.4 Å². The Morgan fingerprint density at radius 3 is 2.64 bits per heavy atom. The molecule has 3 rings (SSSR count). The maximum Gasteiger partial charge on any atom is 0.192 e. The summed E-state index contributed by atoms with van der Waals surface area (Å²) in [7, 11) is 1.66. The minimum atomic E-state index is 0.0209. The van der Waals surface area contributed by atoms with E-state index in [1.54, 1.807) is 18.9 Å². The van der Waals surface area contributed by atoms with Crippen LogP contribution in [0.25, 0.3) is 11.4 Å². The van der Waals surface area contributed by atoms with Crippen LogP contribution >= 0.6 is 11.8 Å². The molecule has 1 aromatic heterocycles. The van der Waals surface area contributed by atoms with Crippen molar-refractivity contribution in [3.8, 4) is 17.1 Å². The average Bonchev–Trinajstić information content (AvgIpc) is 2.99. The fourth-order valence-corrected chi connectivity index (χ4v) is 4.23. The van der Waals surface area contributed by atoms with Gasteiger partial charge in [0.25, 0.3) is 0 Å². The topological polar surface area (TPSA) is 57.0 Å². The number of Topliss-reactive ketones (excluding diaryl/α,β-unsaturated/α-hetero) is 1. The van der Waals surface area contributed by atoms with Gasteiger partial charge in [-0.2, -0.15) is 0 Å². The third-order valence-electron chi connectivity index (χ3n) is 4.36. The van der Waals surface area contributed by atoms with Gasteiger partial charge in [-0.05, 0) is 43.0 Å². The standard InChI is InChI=1S/C19H25N3O2S/c1-13(2)12-22-18(14-8-10-15(24-3)11-9-14)20-21-19(22)25-17-7-5-4-6-16(17)23/h8-11,13,17H,4-7,12H2,1-3H3/t17-/m0/s1. The Morgan fingerprint density at radius 2 is 2.00 bits per heavy atom. The highest BCUT2D eigenvalue weighted by molar-refractivity contribution is 8.00. The van der Waals surface area contributed by atoms with Crippen molar-refractivity contribution >= 4 is 17.5 Å². The van der Waals surface area contributed by atoms with Gasteiger partial charge in [0.15, 0.2) is 11.0 Å². The van der Waals surface area contributed by atoms with Gasteiger partial charge in [0.1, 0.15) is 11.5 Å². The van der Waals surface area contributed by atoms with Gasteiger partial charge in [-0.3, -0.25) is 4.79 Å². The van der Waals surface area contributed by atoms with Gasteiger partial charge in [-0.15, -0.1) is 10.2 Å². The van der Waals surface area contributed by atoms with Gasteiger partial charge in [0.2, 0.25) is 0 Å². The molecule has 1 aliphatic rings. The quantitative estimate of drug-likeness (QED) is 0.773. The van der Waals surface area contributed by atoms with E-state index < -0.39 is 0 Å². The Labute approximate surface area is 153 Å². The molecule has 0 radical (unpaired) electrons. The lowest BCUT2D eigenvalue weighted by Gasteiger charge is -2.20. The summed E-state index contributed by atoms with van der Waals surface area (Å²) in [6.45, 7) is 5.19. The van der Waals surface area contributed by atoms with Crippen molar-refractivity contribution < 1.29 is 9.53 Å². The van der Waals surface area contributed by atoms with Crippen LogP contribution in [-0.2, 0) is 11.3 Å². The van der Waals surface area contributed by atoms with E-state index in [9.17, 15) is 4.79 Å². The Hall–Kier alpha value is -1.82. The molecule has 0 amide bonds. The number of methoxy groups -OCH3 is 1. The van der Waals surface area contributed by atoms with Crippen molar-refractivity contribution in [1.29, 1.82) is 0 Å². The number of carbonyl (C=O) groups is 1. The number of aromatic nitrogens is 3. The number of ketones is 1. The number of carbonyl (C=O) groups excluding carboxylic acids is 1. The maximum atomic E-state index is 12.2. The van der Waals surface area contributed by atoms with E-state index in [1.165, 1.54) is 0 Å². The van der Waals surface area contributed by atoms with E-state index in [1.807, 2.05) is 24.3 Å². The molecule has 0 bridgehead atoms. The van der Waals surface area contributed by atoms with Crippen molar-refractivity contribution in [2.45, 2.75) is 56.5 Å². The van der Waals surface area contributed by atoms with Crippen LogP contribution in [-0.4, -0.2) is 32.9 Å². The number of benzene rings is 1. The Kier molecular flexibility index (Phi) is 5.78. The van der Waals surface area contributed by atoms with Crippen LogP contribution in [0.2, 0.25) is 0 Å². The highest BCUT2D eigenvalue weighted by Crippen LogP contribution is 2.33. The van der Waals surface area contributed by atoms with Crippen LogP contribution in [0.3, 0.4) is 0 Å². The molecule has 1 aliphatic carbocycles. The van der Waals surface area contributed by atoms with E-state index >= 15 is 0 Å². The van der Waals surface area contributed by atoms with Crippen molar-refractivity contribution in [2.75, 3.05) is 7.11 Å². The lowest BCUT2D eigenvalue weighted by Crippen LogP contribution is -2.22. The van der Waals surface area contributed by atoms with Crippen molar-refractivity contribution in [3.05, 3.63) is 24.3 Å². The first-order valence-electron chi connectivity index (χ1n) is 8.85. The number of ether oxygens (including phenoxy) is 1. The summed E-state index contributed by atoms with van der Waals surface area (Å²) in [6, 6.07) is 7.86. The Bertz CT molecular complexity index is 725. The predicted octanol–water partition coefficient (Wildman–Crippen LogP) is 4.21. The zero-order valence-corrected chi connectivity index (χ0v) is 15.9. The minimum absolute atomic E-state index is 0.0209. The molecular weight excluding hydrogens is 334 g/mol. The second kappa shape index (κ2) is 8.04. The van der Waals surface area contributed by atoms with Gasteiger partial charge in [-0.1, -0.05) is 32.0 Å². The molecule has 0 spiro atoms. The van der Waals surface area contributed by atoms with Crippen LogP contribution in [0.1, 0.15) is 39.5 Å². The summed E-state index contributed by atoms with van der Waals surface area (Å²) in [6.07, 6.45) is 3.77. The lowest BCUT2D eigenvalue weighted by molar-refractivity contribution is -0.119. The summed E-state index contributed by atoms with van der Waals surface area (Å²) in [5, 5.41) is 9.70. The number of thioether (sulfide) groups is 1. The van der Waals surface area contributed by atoms with Crippen LogP contribution in [0, 0.1) is 5.92 Å². The molecule has 5 nitrogen and oxygen atoms in total. The molecule has 1 fully saturated rings. The first-order valence-corrected chi connectivity index (χ1v) is 9.73. The highest BCUT2D eigenvalue weighted by Gasteiger charge is 2.26. The van der Waals surface area contributed by atoms with Crippen molar-refractivity contribution in [1.82, 2.24) is 14.8 Å². The van der Waals surface area contributed by atoms with Gasteiger partial charge < -0.3 is 9.30 Å². The minimum Gasteiger partial charge on any atom is -0.497 e. The molecule has 25 heavy (non-hydrogen) atoms.